The van der Waals surface area contributed by atoms with E-state index in [2.05, 4.69) is 6.92 Å². The van der Waals surface area contributed by atoms with Crippen LogP contribution in [0.1, 0.15) is 61.4 Å². The molecule has 0 bridgehead atoms. The highest BCUT2D eigenvalue weighted by Gasteiger charge is 2.25. The van der Waals surface area contributed by atoms with Gasteiger partial charge in [0, 0.05) is 11.1 Å². The molecule has 0 atom stereocenters. The van der Waals surface area contributed by atoms with Crippen molar-refractivity contribution in [1.29, 1.82) is 0 Å². The first-order chi connectivity index (χ1) is 17.8. The molecule has 0 radical (unpaired) electrons. The minimum Gasteiger partial charge on any atom is -0.507 e. The van der Waals surface area contributed by atoms with E-state index in [1.807, 2.05) is 80.6 Å². The highest BCUT2D eigenvalue weighted by molar-refractivity contribution is 6.22. The Bertz CT molecular complexity index is 1320. The molecular weight excluding hydrogens is 464 g/mol. The number of aromatic hydroxyl groups is 1. The number of fused-ring (bicyclic) bond motifs is 1. The number of unbranched alkanes of at least 4 members (excludes halogenated alkanes) is 1. The molecule has 0 fully saturated rings. The van der Waals surface area contributed by atoms with Crippen LogP contribution in [0.3, 0.4) is 0 Å². The summed E-state index contributed by atoms with van der Waals surface area (Å²) in [6.45, 7) is 6.43. The maximum absolute atomic E-state index is 13.0. The summed E-state index contributed by atoms with van der Waals surface area (Å²) in [5.41, 5.74) is 3.66. The Balaban J connectivity index is 1.77. The quantitative estimate of drug-likeness (QED) is 0.192. The van der Waals surface area contributed by atoms with Crippen molar-refractivity contribution in [2.45, 2.75) is 52.2 Å². The number of phenols is 1. The Kier molecular flexibility index (Phi) is 8.02. The Labute approximate surface area is 219 Å². The second-order valence-electron chi connectivity index (χ2n) is 9.71. The fourth-order valence-corrected chi connectivity index (χ4v) is 4.27. The zero-order valence-electron chi connectivity index (χ0n) is 21.9. The third kappa shape index (κ3) is 6.23. The summed E-state index contributed by atoms with van der Waals surface area (Å²) >= 11 is 0. The van der Waals surface area contributed by atoms with Gasteiger partial charge in [-0.1, -0.05) is 55.8 Å². The predicted molar refractivity (Wildman–Crippen MR) is 148 cm³/mol. The van der Waals surface area contributed by atoms with Gasteiger partial charge in [-0.25, -0.2) is 4.79 Å². The minimum absolute atomic E-state index is 0.0389. The van der Waals surface area contributed by atoms with E-state index in [0.717, 1.165) is 30.4 Å². The number of rotatable bonds is 9. The fraction of sp³-hybridized carbons (Fsp3) is 0.281. The molecule has 0 saturated carbocycles. The van der Waals surface area contributed by atoms with Crippen molar-refractivity contribution >= 4 is 23.7 Å². The van der Waals surface area contributed by atoms with Crippen molar-refractivity contribution in [2.75, 3.05) is 7.11 Å². The average molecular weight is 499 g/mol. The zero-order chi connectivity index (χ0) is 26.4. The number of hydrogen-bond donors (Lipinski definition) is 1. The Morgan fingerprint density at radius 1 is 1.05 bits per heavy atom. The number of methoxy groups -OCH3 is 1. The molecule has 37 heavy (non-hydrogen) atoms. The largest absolute Gasteiger partial charge is 0.507 e. The third-order valence-corrected chi connectivity index (χ3v) is 6.33. The zero-order valence-corrected chi connectivity index (χ0v) is 21.9. The van der Waals surface area contributed by atoms with Gasteiger partial charge in [-0.15, -0.1) is 0 Å². The highest BCUT2D eigenvalue weighted by atomic mass is 16.5. The van der Waals surface area contributed by atoms with Gasteiger partial charge in [0.25, 0.3) is 0 Å². The van der Waals surface area contributed by atoms with Crippen LogP contribution < -0.4 is 9.47 Å². The monoisotopic (exact) mass is 498 g/mol. The first-order valence-electron chi connectivity index (χ1n) is 12.7. The van der Waals surface area contributed by atoms with E-state index in [1.165, 1.54) is 7.11 Å². The molecule has 0 saturated heterocycles. The fourth-order valence-electron chi connectivity index (χ4n) is 4.27. The molecule has 0 aromatic heterocycles. The average Bonchev–Trinajstić information content (AvgIpc) is 2.90. The molecule has 0 spiro atoms. The van der Waals surface area contributed by atoms with Gasteiger partial charge in [-0.2, -0.15) is 0 Å². The standard InChI is InChI=1S/C32H34O5/c1-5-6-10-22-13-15-25(29(19-22)36-21-23-11-8-7-9-12-23)27(31(34)35-4)20-24-14-16-28-26(30(24)33)17-18-32(2,3)37-28/h7-9,11-20,33H,5-6,10,21H2,1-4H3. The van der Waals surface area contributed by atoms with E-state index in [4.69, 9.17) is 14.2 Å². The van der Waals surface area contributed by atoms with Gasteiger partial charge in [0.05, 0.1) is 18.2 Å². The maximum atomic E-state index is 13.0. The summed E-state index contributed by atoms with van der Waals surface area (Å²) in [6.07, 6.45) is 8.46. The van der Waals surface area contributed by atoms with E-state index in [0.29, 0.717) is 40.4 Å². The van der Waals surface area contributed by atoms with Crippen LogP contribution in [0.5, 0.6) is 17.2 Å². The molecule has 5 nitrogen and oxygen atoms in total. The molecule has 4 rings (SSSR count). The van der Waals surface area contributed by atoms with Crippen LogP contribution in [0.15, 0.2) is 66.7 Å². The summed E-state index contributed by atoms with van der Waals surface area (Å²) < 4.78 is 17.4. The SMILES string of the molecule is CCCCc1ccc(C(=Cc2ccc3c(c2O)C=CC(C)(C)O3)C(=O)OC)c(OCc2ccccc2)c1. The lowest BCUT2D eigenvalue weighted by Crippen LogP contribution is -2.27. The lowest BCUT2D eigenvalue weighted by atomic mass is 9.96. The molecule has 0 aliphatic carbocycles. The summed E-state index contributed by atoms with van der Waals surface area (Å²) in [6, 6.07) is 19.4. The van der Waals surface area contributed by atoms with Crippen molar-refractivity contribution in [3.8, 4) is 17.2 Å². The molecular formula is C32H34O5. The summed E-state index contributed by atoms with van der Waals surface area (Å²) in [5.74, 6) is 0.707. The van der Waals surface area contributed by atoms with Crippen LogP contribution in [-0.4, -0.2) is 23.8 Å². The summed E-state index contributed by atoms with van der Waals surface area (Å²) in [5, 5.41) is 11.1. The van der Waals surface area contributed by atoms with Gasteiger partial charge in [0.15, 0.2) is 0 Å². The number of ether oxygens (including phenoxy) is 3. The van der Waals surface area contributed by atoms with Crippen LogP contribution in [0, 0.1) is 0 Å². The molecule has 1 aliphatic heterocycles. The van der Waals surface area contributed by atoms with E-state index >= 15 is 0 Å². The Morgan fingerprint density at radius 2 is 1.84 bits per heavy atom. The molecule has 3 aromatic rings. The van der Waals surface area contributed by atoms with Crippen LogP contribution >= 0.6 is 0 Å². The second kappa shape index (κ2) is 11.4. The highest BCUT2D eigenvalue weighted by Crippen LogP contribution is 2.40. The number of esters is 1. The number of aryl methyl sites for hydroxylation is 1. The van der Waals surface area contributed by atoms with Crippen molar-refractivity contribution < 1.29 is 24.1 Å². The minimum atomic E-state index is -0.518. The van der Waals surface area contributed by atoms with Gasteiger partial charge >= 0.3 is 5.97 Å². The molecule has 0 amide bonds. The van der Waals surface area contributed by atoms with Crippen LogP contribution in [0.4, 0.5) is 0 Å². The number of hydrogen-bond acceptors (Lipinski definition) is 5. The van der Waals surface area contributed by atoms with E-state index in [9.17, 15) is 9.90 Å². The number of carbonyl (C=O) groups excluding carboxylic acids is 1. The smallest absolute Gasteiger partial charge is 0.338 e. The molecule has 5 heteroatoms. The first-order valence-corrected chi connectivity index (χ1v) is 12.7. The lowest BCUT2D eigenvalue weighted by Gasteiger charge is -2.28. The van der Waals surface area contributed by atoms with Gasteiger partial charge in [-0.3, -0.25) is 0 Å². The third-order valence-electron chi connectivity index (χ3n) is 6.33. The van der Waals surface area contributed by atoms with E-state index < -0.39 is 11.6 Å². The van der Waals surface area contributed by atoms with Crippen LogP contribution in [-0.2, 0) is 22.6 Å². The van der Waals surface area contributed by atoms with Crippen LogP contribution in [0.2, 0.25) is 0 Å². The number of phenolic OH excluding ortho intramolecular Hbond substituents is 1. The Morgan fingerprint density at radius 3 is 2.57 bits per heavy atom. The van der Waals surface area contributed by atoms with E-state index in [-0.39, 0.29) is 5.75 Å². The summed E-state index contributed by atoms with van der Waals surface area (Å²) in [7, 11) is 1.35. The molecule has 1 heterocycles. The number of benzene rings is 3. The second-order valence-corrected chi connectivity index (χ2v) is 9.71. The van der Waals surface area contributed by atoms with Crippen molar-refractivity contribution in [1.82, 2.24) is 0 Å². The lowest BCUT2D eigenvalue weighted by molar-refractivity contribution is -0.133. The van der Waals surface area contributed by atoms with Crippen molar-refractivity contribution in [3.63, 3.8) is 0 Å². The van der Waals surface area contributed by atoms with Crippen molar-refractivity contribution in [3.05, 3.63) is 94.6 Å². The van der Waals surface area contributed by atoms with Gasteiger partial charge in [0.1, 0.15) is 29.5 Å². The normalized spacial score (nSPS) is 14.0. The first kappa shape index (κ1) is 26.1. The summed E-state index contributed by atoms with van der Waals surface area (Å²) in [4.78, 5) is 13.0. The van der Waals surface area contributed by atoms with Gasteiger partial charge in [0.2, 0.25) is 0 Å². The topological polar surface area (TPSA) is 65.0 Å². The molecule has 1 aliphatic rings. The predicted octanol–water partition coefficient (Wildman–Crippen LogP) is 7.21. The Hall–Kier alpha value is -3.99. The molecule has 3 aromatic carbocycles. The van der Waals surface area contributed by atoms with Gasteiger partial charge in [-0.05, 0) is 74.2 Å². The van der Waals surface area contributed by atoms with Crippen molar-refractivity contribution in [2.24, 2.45) is 0 Å². The van der Waals surface area contributed by atoms with E-state index in [1.54, 1.807) is 12.1 Å². The van der Waals surface area contributed by atoms with Crippen LogP contribution in [0.25, 0.3) is 17.7 Å². The molecule has 0 unspecified atom stereocenters. The maximum Gasteiger partial charge on any atom is 0.338 e. The number of carbonyl (C=O) groups is 1. The molecule has 1 N–H and O–H groups in total. The van der Waals surface area contributed by atoms with Gasteiger partial charge < -0.3 is 19.3 Å². The molecule has 192 valence electrons.